The quantitative estimate of drug-likeness (QED) is 0.447. The molecule has 1 aromatic carbocycles. The van der Waals surface area contributed by atoms with Gasteiger partial charge >= 0.3 is 0 Å². The van der Waals surface area contributed by atoms with Gasteiger partial charge in [-0.15, -0.1) is 11.3 Å². The van der Waals surface area contributed by atoms with Crippen LogP contribution in [-0.4, -0.2) is 52.9 Å². The van der Waals surface area contributed by atoms with Crippen LogP contribution in [0.2, 0.25) is 0 Å². The van der Waals surface area contributed by atoms with Crippen LogP contribution in [0.15, 0.2) is 46.7 Å². The lowest BCUT2D eigenvalue weighted by molar-refractivity contribution is -0.871. The highest BCUT2D eigenvalue weighted by Crippen LogP contribution is 2.21. The monoisotopic (exact) mass is 391 g/mol. The Labute approximate surface area is 159 Å². The van der Waals surface area contributed by atoms with E-state index in [0.717, 1.165) is 23.2 Å². The van der Waals surface area contributed by atoms with Gasteiger partial charge in [0.25, 0.3) is 10.0 Å². The molecule has 0 amide bonds. The Morgan fingerprint density at radius 3 is 2.42 bits per heavy atom. The smallest absolute Gasteiger partial charge is 0.250 e. The summed E-state index contributed by atoms with van der Waals surface area (Å²) in [5.41, 5.74) is 0.873. The molecule has 5 nitrogen and oxygen atoms in total. The van der Waals surface area contributed by atoms with Gasteiger partial charge in [0.2, 0.25) is 0 Å². The first-order valence-electron chi connectivity index (χ1n) is 8.13. The third-order valence-corrected chi connectivity index (χ3v) is 6.43. The predicted octanol–water partition coefficient (Wildman–Crippen LogP) is 2.09. The van der Waals surface area contributed by atoms with Gasteiger partial charge in [-0.25, -0.2) is 13.1 Å². The summed E-state index contributed by atoms with van der Waals surface area (Å²) in [6.07, 6.45) is 0.884. The predicted molar refractivity (Wildman–Crippen MR) is 104 cm³/mol. The highest BCUT2D eigenvalue weighted by Gasteiger charge is 2.25. The van der Waals surface area contributed by atoms with E-state index >= 15 is 0 Å². The van der Waals surface area contributed by atoms with Crippen LogP contribution in [0.1, 0.15) is 16.9 Å². The number of aldehydes is 1. The van der Waals surface area contributed by atoms with Crippen LogP contribution in [0.4, 0.5) is 0 Å². The maximum absolute atomic E-state index is 12.6. The molecule has 0 aliphatic carbocycles. The zero-order valence-electron chi connectivity index (χ0n) is 15.1. The number of benzene rings is 1. The topological polar surface area (TPSA) is 63.2 Å². The minimum Gasteiger partial charge on any atom is -0.330 e. The molecule has 0 saturated carbocycles. The lowest BCUT2D eigenvalue weighted by Gasteiger charge is -2.28. The fourth-order valence-corrected chi connectivity index (χ4v) is 4.82. The van der Waals surface area contributed by atoms with Gasteiger partial charge in [-0.1, -0.05) is 30.0 Å². The molecule has 2 aromatic rings. The Bertz CT molecular complexity index is 901. The molecule has 0 aliphatic heterocycles. The fourth-order valence-electron chi connectivity index (χ4n) is 2.40. The molecular weight excluding hydrogens is 368 g/mol. The third-order valence-electron chi connectivity index (χ3n) is 3.42. The summed E-state index contributed by atoms with van der Waals surface area (Å²) in [4.78, 5) is 11.6. The van der Waals surface area contributed by atoms with E-state index in [1.807, 2.05) is 51.5 Å². The van der Waals surface area contributed by atoms with Crippen molar-refractivity contribution in [3.8, 4) is 11.8 Å². The number of nitrogens with one attached hydrogen (secondary N) is 1. The molecular formula is C19H23N2O3S2+. The SMILES string of the molecule is C[N+](C)(C)CC(CC=O)NS(=O)(=O)c1ccc(C#Cc2ccccc2)s1. The molecule has 0 radical (unpaired) electrons. The maximum atomic E-state index is 12.6. The van der Waals surface area contributed by atoms with Crippen molar-refractivity contribution in [1.82, 2.24) is 4.72 Å². The number of nitrogens with zero attached hydrogens (tertiary/aromatic N) is 1. The summed E-state index contributed by atoms with van der Waals surface area (Å²) < 4.78 is 28.6. The lowest BCUT2D eigenvalue weighted by Crippen LogP contribution is -2.48. The number of carbonyl (C=O) groups excluding carboxylic acids is 1. The van der Waals surface area contributed by atoms with Crippen LogP contribution < -0.4 is 4.72 Å². The van der Waals surface area contributed by atoms with Gasteiger partial charge in [-0.05, 0) is 24.3 Å². The van der Waals surface area contributed by atoms with Gasteiger partial charge in [0.15, 0.2) is 0 Å². The normalized spacial score (nSPS) is 12.9. The van der Waals surface area contributed by atoms with Crippen LogP contribution in [0, 0.1) is 11.8 Å². The number of carbonyl (C=O) groups is 1. The maximum Gasteiger partial charge on any atom is 0.250 e. The van der Waals surface area contributed by atoms with Crippen molar-refractivity contribution >= 4 is 27.6 Å². The Morgan fingerprint density at radius 1 is 1.12 bits per heavy atom. The second-order valence-electron chi connectivity index (χ2n) is 6.93. The molecule has 0 aliphatic rings. The first-order valence-corrected chi connectivity index (χ1v) is 10.4. The van der Waals surface area contributed by atoms with E-state index in [1.165, 1.54) is 0 Å². The van der Waals surface area contributed by atoms with Gasteiger partial charge in [-0.3, -0.25) is 0 Å². The zero-order valence-corrected chi connectivity index (χ0v) is 16.7. The third kappa shape index (κ3) is 6.39. The Kier molecular flexibility index (Phi) is 6.73. The van der Waals surface area contributed by atoms with Gasteiger partial charge in [0.05, 0.1) is 38.6 Å². The highest BCUT2D eigenvalue weighted by molar-refractivity contribution is 7.91. The highest BCUT2D eigenvalue weighted by atomic mass is 32.2. The second-order valence-corrected chi connectivity index (χ2v) is 9.95. The lowest BCUT2D eigenvalue weighted by atomic mass is 10.2. The molecule has 0 bridgehead atoms. The number of thiophene rings is 1. The minimum absolute atomic E-state index is 0.140. The molecule has 0 fully saturated rings. The second kappa shape index (κ2) is 8.60. The van der Waals surface area contributed by atoms with Crippen molar-refractivity contribution in [2.45, 2.75) is 16.7 Å². The van der Waals surface area contributed by atoms with E-state index < -0.39 is 16.1 Å². The van der Waals surface area contributed by atoms with Gasteiger partial charge in [0.1, 0.15) is 10.5 Å². The number of quaternary nitrogens is 1. The Balaban J connectivity index is 2.15. The van der Waals surface area contributed by atoms with Crippen LogP contribution in [0.25, 0.3) is 0 Å². The van der Waals surface area contributed by atoms with E-state index in [9.17, 15) is 13.2 Å². The van der Waals surface area contributed by atoms with Crippen LogP contribution in [0.3, 0.4) is 0 Å². The number of hydrogen-bond donors (Lipinski definition) is 1. The van der Waals surface area contributed by atoms with Crippen LogP contribution in [-0.2, 0) is 14.8 Å². The molecule has 138 valence electrons. The van der Waals surface area contributed by atoms with Crippen molar-refractivity contribution in [3.05, 3.63) is 52.9 Å². The van der Waals surface area contributed by atoms with E-state index in [0.29, 0.717) is 15.9 Å². The van der Waals surface area contributed by atoms with Crippen LogP contribution in [0.5, 0.6) is 0 Å². The first-order chi connectivity index (χ1) is 12.2. The van der Waals surface area contributed by atoms with E-state index in [1.54, 1.807) is 12.1 Å². The standard InChI is InChI=1S/C19H23N2O3S2/c1-21(2,3)15-17(13-14-22)20-26(23,24)19-12-11-18(25-19)10-9-16-7-5-4-6-8-16/h4-8,11-12,14,17,20H,13,15H2,1-3H3/q+1. The summed E-state index contributed by atoms with van der Waals surface area (Å²) in [6, 6.07) is 12.3. The van der Waals surface area contributed by atoms with E-state index in [2.05, 4.69) is 16.6 Å². The molecule has 1 atom stereocenters. The number of rotatable bonds is 7. The van der Waals surface area contributed by atoms with Crippen molar-refractivity contribution in [3.63, 3.8) is 0 Å². The summed E-state index contributed by atoms with van der Waals surface area (Å²) in [7, 11) is 2.17. The average molecular weight is 392 g/mol. The summed E-state index contributed by atoms with van der Waals surface area (Å²) in [5, 5.41) is 0. The summed E-state index contributed by atoms with van der Waals surface area (Å²) >= 11 is 1.12. The van der Waals surface area contributed by atoms with Gasteiger partial charge < -0.3 is 9.28 Å². The van der Waals surface area contributed by atoms with E-state index in [-0.39, 0.29) is 10.6 Å². The molecule has 1 N–H and O–H groups in total. The molecule has 1 aromatic heterocycles. The molecule has 0 spiro atoms. The summed E-state index contributed by atoms with van der Waals surface area (Å²) in [5.74, 6) is 6.00. The van der Waals surface area contributed by atoms with Gasteiger partial charge in [-0.2, -0.15) is 0 Å². The molecule has 1 heterocycles. The molecule has 1 unspecified atom stereocenters. The fraction of sp³-hybridized carbons (Fsp3) is 0.316. The van der Waals surface area contributed by atoms with Crippen molar-refractivity contribution in [2.24, 2.45) is 0 Å². The van der Waals surface area contributed by atoms with Crippen LogP contribution >= 0.6 is 11.3 Å². The van der Waals surface area contributed by atoms with Crippen molar-refractivity contribution < 1.29 is 17.7 Å². The number of likely N-dealkylation sites (N-methyl/N-ethyl adjacent to an activating group) is 1. The molecule has 0 saturated heterocycles. The number of hydrogen-bond acceptors (Lipinski definition) is 4. The largest absolute Gasteiger partial charge is 0.330 e. The Hall–Kier alpha value is -1.98. The molecule has 7 heteroatoms. The van der Waals surface area contributed by atoms with Crippen molar-refractivity contribution in [2.75, 3.05) is 27.7 Å². The van der Waals surface area contributed by atoms with Gasteiger partial charge in [0, 0.05) is 12.0 Å². The first kappa shape index (κ1) is 20.3. The average Bonchev–Trinajstić information content (AvgIpc) is 3.02. The minimum atomic E-state index is -3.68. The zero-order chi connectivity index (χ0) is 19.2. The van der Waals surface area contributed by atoms with Crippen molar-refractivity contribution in [1.29, 1.82) is 0 Å². The molecule has 26 heavy (non-hydrogen) atoms. The summed E-state index contributed by atoms with van der Waals surface area (Å²) in [6.45, 7) is 0.518. The van der Waals surface area contributed by atoms with E-state index in [4.69, 9.17) is 0 Å². The molecule has 2 rings (SSSR count). The number of sulfonamides is 1. The Morgan fingerprint density at radius 2 is 1.81 bits per heavy atom.